The number of carbonyl (C=O) groups is 2. The van der Waals surface area contributed by atoms with Crippen LogP contribution in [-0.2, 0) is 9.59 Å². The Balaban J connectivity index is 2.04. The number of ether oxygens (including phenoxy) is 1. The van der Waals surface area contributed by atoms with Crippen LogP contribution >= 0.6 is 23.4 Å². The highest BCUT2D eigenvalue weighted by molar-refractivity contribution is 8.00. The number of benzene rings is 2. The van der Waals surface area contributed by atoms with Crippen LogP contribution in [-0.4, -0.2) is 24.2 Å². The molecule has 7 heteroatoms. The van der Waals surface area contributed by atoms with Crippen molar-refractivity contribution in [3.05, 3.63) is 47.0 Å². The molecule has 0 saturated carbocycles. The molecule has 0 aromatic heterocycles. The van der Waals surface area contributed by atoms with E-state index in [4.69, 9.17) is 16.3 Å². The smallest absolute Gasteiger partial charge is 0.237 e. The minimum atomic E-state index is -0.317. The number of anilines is 2. The number of methoxy groups -OCH3 is 1. The Bertz CT molecular complexity index is 809. The summed E-state index contributed by atoms with van der Waals surface area (Å²) in [5.41, 5.74) is 2.17. The third kappa shape index (κ3) is 5.41. The molecule has 2 N–H and O–H groups in total. The summed E-state index contributed by atoms with van der Waals surface area (Å²) in [5, 5.41) is 5.87. The van der Waals surface area contributed by atoms with E-state index >= 15 is 0 Å². The molecule has 2 amide bonds. The lowest BCUT2D eigenvalue weighted by molar-refractivity contribution is -0.115. The second-order valence-electron chi connectivity index (χ2n) is 5.76. The second kappa shape index (κ2) is 8.96. The molecule has 2 rings (SSSR count). The Morgan fingerprint density at radius 3 is 2.38 bits per heavy atom. The quantitative estimate of drug-likeness (QED) is 0.697. The van der Waals surface area contributed by atoms with E-state index in [1.165, 1.54) is 25.8 Å². The molecule has 0 fully saturated rings. The van der Waals surface area contributed by atoms with Gasteiger partial charge in [0.1, 0.15) is 5.75 Å². The third-order valence-corrected chi connectivity index (χ3v) is 5.11. The number of halogens is 1. The number of thioether (sulfide) groups is 1. The summed E-state index contributed by atoms with van der Waals surface area (Å²) in [7, 11) is 1.53. The van der Waals surface area contributed by atoms with Gasteiger partial charge in [0.25, 0.3) is 0 Å². The van der Waals surface area contributed by atoms with E-state index in [0.717, 1.165) is 16.1 Å². The predicted octanol–water partition coefficient (Wildman–Crippen LogP) is 4.73. The summed E-state index contributed by atoms with van der Waals surface area (Å²) in [6, 6.07) is 10.8. The summed E-state index contributed by atoms with van der Waals surface area (Å²) in [4.78, 5) is 24.5. The first-order valence-electron chi connectivity index (χ1n) is 7.99. The Morgan fingerprint density at radius 2 is 1.81 bits per heavy atom. The van der Waals surface area contributed by atoms with Crippen molar-refractivity contribution in [2.75, 3.05) is 17.7 Å². The number of hydrogen-bond donors (Lipinski definition) is 2. The lowest BCUT2D eigenvalue weighted by Gasteiger charge is -2.15. The maximum atomic E-state index is 12.5. The fourth-order valence-electron chi connectivity index (χ4n) is 2.24. The minimum Gasteiger partial charge on any atom is -0.495 e. The fraction of sp³-hybridized carbons (Fsp3) is 0.263. The number of amides is 2. The predicted molar refractivity (Wildman–Crippen MR) is 107 cm³/mol. The Morgan fingerprint density at radius 1 is 1.15 bits per heavy atom. The average molecular weight is 393 g/mol. The van der Waals surface area contributed by atoms with Crippen molar-refractivity contribution in [2.45, 2.75) is 30.9 Å². The van der Waals surface area contributed by atoms with Crippen molar-refractivity contribution in [2.24, 2.45) is 0 Å². The van der Waals surface area contributed by atoms with Gasteiger partial charge in [-0.05, 0) is 49.7 Å². The molecule has 5 nitrogen and oxygen atoms in total. The summed E-state index contributed by atoms with van der Waals surface area (Å²) < 4.78 is 5.28. The molecule has 1 unspecified atom stereocenters. The molecule has 0 bridgehead atoms. The first kappa shape index (κ1) is 20.1. The zero-order valence-electron chi connectivity index (χ0n) is 15.1. The maximum absolute atomic E-state index is 12.5. The van der Waals surface area contributed by atoms with Crippen LogP contribution in [0, 0.1) is 6.92 Å². The molecule has 0 aliphatic carbocycles. The van der Waals surface area contributed by atoms with Crippen LogP contribution in [0.2, 0.25) is 5.02 Å². The van der Waals surface area contributed by atoms with Crippen LogP contribution in [0.1, 0.15) is 19.4 Å². The monoisotopic (exact) mass is 392 g/mol. The number of aryl methyl sites for hydroxylation is 1. The zero-order chi connectivity index (χ0) is 19.3. The van der Waals surface area contributed by atoms with E-state index < -0.39 is 0 Å². The van der Waals surface area contributed by atoms with Crippen molar-refractivity contribution in [3.8, 4) is 5.75 Å². The van der Waals surface area contributed by atoms with Crippen LogP contribution < -0.4 is 15.4 Å². The minimum absolute atomic E-state index is 0.120. The molecule has 2 aromatic carbocycles. The molecule has 138 valence electrons. The zero-order valence-corrected chi connectivity index (χ0v) is 16.6. The molecule has 0 aliphatic rings. The SMILES string of the molecule is COc1cc(Cl)c(C)cc1NC(=O)C(C)Sc1ccc(NC(C)=O)cc1. The average Bonchev–Trinajstić information content (AvgIpc) is 2.59. The molecule has 26 heavy (non-hydrogen) atoms. The van der Waals surface area contributed by atoms with Crippen molar-refractivity contribution in [1.29, 1.82) is 0 Å². The van der Waals surface area contributed by atoms with Crippen LogP contribution in [0.3, 0.4) is 0 Å². The van der Waals surface area contributed by atoms with Crippen LogP contribution in [0.25, 0.3) is 0 Å². The number of carbonyl (C=O) groups excluding carboxylic acids is 2. The van der Waals surface area contributed by atoms with E-state index in [0.29, 0.717) is 16.5 Å². The van der Waals surface area contributed by atoms with Crippen LogP contribution in [0.15, 0.2) is 41.3 Å². The largest absolute Gasteiger partial charge is 0.495 e. The number of nitrogens with one attached hydrogen (secondary N) is 2. The highest BCUT2D eigenvalue weighted by atomic mass is 35.5. The Kier molecular flexibility index (Phi) is 6.94. The molecule has 0 spiro atoms. The van der Waals surface area contributed by atoms with E-state index in [2.05, 4.69) is 10.6 Å². The van der Waals surface area contributed by atoms with E-state index in [-0.39, 0.29) is 17.1 Å². The molecular weight excluding hydrogens is 372 g/mol. The second-order valence-corrected chi connectivity index (χ2v) is 7.58. The summed E-state index contributed by atoms with van der Waals surface area (Å²) in [6.07, 6.45) is 0. The standard InChI is InChI=1S/C19H21ClN2O3S/c1-11-9-17(18(25-4)10-16(11)20)22-19(24)12(2)26-15-7-5-14(6-8-15)21-13(3)23/h5-10,12H,1-4H3,(H,21,23)(H,22,24). The van der Waals surface area contributed by atoms with Gasteiger partial charge in [-0.25, -0.2) is 0 Å². The van der Waals surface area contributed by atoms with Crippen molar-refractivity contribution in [3.63, 3.8) is 0 Å². The highest BCUT2D eigenvalue weighted by Crippen LogP contribution is 2.32. The summed E-state index contributed by atoms with van der Waals surface area (Å²) in [5.74, 6) is 0.261. The normalized spacial score (nSPS) is 11.6. The topological polar surface area (TPSA) is 67.4 Å². The van der Waals surface area contributed by atoms with Crippen molar-refractivity contribution >= 4 is 46.6 Å². The first-order chi connectivity index (χ1) is 12.3. The molecule has 0 aliphatic heterocycles. The van der Waals surface area contributed by atoms with Gasteiger partial charge < -0.3 is 15.4 Å². The van der Waals surface area contributed by atoms with E-state index in [1.807, 2.05) is 26.0 Å². The summed E-state index contributed by atoms with van der Waals surface area (Å²) >= 11 is 7.52. The van der Waals surface area contributed by atoms with Gasteiger partial charge in [0.05, 0.1) is 18.0 Å². The summed E-state index contributed by atoms with van der Waals surface area (Å²) in [6.45, 7) is 5.16. The van der Waals surface area contributed by atoms with Crippen molar-refractivity contribution in [1.82, 2.24) is 0 Å². The van der Waals surface area contributed by atoms with Gasteiger partial charge in [-0.1, -0.05) is 11.6 Å². The van der Waals surface area contributed by atoms with Gasteiger partial charge >= 0.3 is 0 Å². The van der Waals surface area contributed by atoms with E-state index in [1.54, 1.807) is 24.3 Å². The van der Waals surface area contributed by atoms with Crippen LogP contribution in [0.4, 0.5) is 11.4 Å². The van der Waals surface area contributed by atoms with Gasteiger partial charge in [0.15, 0.2) is 0 Å². The van der Waals surface area contributed by atoms with Crippen LogP contribution in [0.5, 0.6) is 5.75 Å². The van der Waals surface area contributed by atoms with Gasteiger partial charge in [0, 0.05) is 28.6 Å². The molecular formula is C19H21ClN2O3S. The molecule has 0 heterocycles. The Hall–Kier alpha value is -2.18. The van der Waals surface area contributed by atoms with Gasteiger partial charge in [0.2, 0.25) is 11.8 Å². The van der Waals surface area contributed by atoms with E-state index in [9.17, 15) is 9.59 Å². The maximum Gasteiger partial charge on any atom is 0.237 e. The number of rotatable bonds is 6. The number of hydrogen-bond acceptors (Lipinski definition) is 4. The highest BCUT2D eigenvalue weighted by Gasteiger charge is 2.17. The van der Waals surface area contributed by atoms with Gasteiger partial charge in [-0.15, -0.1) is 11.8 Å². The lowest BCUT2D eigenvalue weighted by Crippen LogP contribution is -2.22. The van der Waals surface area contributed by atoms with Gasteiger partial charge in [-0.2, -0.15) is 0 Å². The molecule has 0 radical (unpaired) electrons. The van der Waals surface area contributed by atoms with Crippen molar-refractivity contribution < 1.29 is 14.3 Å². The molecule has 2 aromatic rings. The first-order valence-corrected chi connectivity index (χ1v) is 9.25. The Labute approximate surface area is 162 Å². The molecule has 0 saturated heterocycles. The lowest BCUT2D eigenvalue weighted by atomic mass is 10.2. The third-order valence-electron chi connectivity index (χ3n) is 3.60. The fourth-order valence-corrected chi connectivity index (χ4v) is 3.26. The van der Waals surface area contributed by atoms with Gasteiger partial charge in [-0.3, -0.25) is 9.59 Å². The molecule has 1 atom stereocenters.